The van der Waals surface area contributed by atoms with Crippen LogP contribution in [0.2, 0.25) is 0 Å². The number of carbonyl (C=O) groups is 1. The minimum absolute atomic E-state index is 0.250. The molecule has 1 amide bonds. The van der Waals surface area contributed by atoms with Crippen LogP contribution in [0.5, 0.6) is 0 Å². The van der Waals surface area contributed by atoms with Gasteiger partial charge >= 0.3 is 0 Å². The average molecular weight is 194 g/mol. The second-order valence-electron chi connectivity index (χ2n) is 2.91. The number of primary amides is 1. The van der Waals surface area contributed by atoms with E-state index in [0.717, 1.165) is 13.0 Å². The maximum atomic E-state index is 8.58. The number of nitrogens with two attached hydrogens (primary N) is 1. The van der Waals surface area contributed by atoms with Gasteiger partial charge in [-0.15, -0.1) is 0 Å². The SMILES string of the molecule is CCNC1=CC=C(C)CC=C1.NC=O. The molecule has 0 unspecified atom stereocenters. The monoisotopic (exact) mass is 194 g/mol. The van der Waals surface area contributed by atoms with E-state index in [-0.39, 0.29) is 6.41 Å². The first-order chi connectivity index (χ1) is 6.74. The van der Waals surface area contributed by atoms with Crippen molar-refractivity contribution in [2.45, 2.75) is 20.3 Å². The molecule has 0 spiro atoms. The number of nitrogens with one attached hydrogen (secondary N) is 1. The van der Waals surface area contributed by atoms with Crippen LogP contribution in [0.3, 0.4) is 0 Å². The highest BCUT2D eigenvalue weighted by Gasteiger charge is 1.92. The van der Waals surface area contributed by atoms with Gasteiger partial charge in [-0.1, -0.05) is 17.7 Å². The topological polar surface area (TPSA) is 55.1 Å². The molecule has 1 rings (SSSR count). The van der Waals surface area contributed by atoms with E-state index >= 15 is 0 Å². The second-order valence-corrected chi connectivity index (χ2v) is 2.91. The first-order valence-electron chi connectivity index (χ1n) is 4.67. The van der Waals surface area contributed by atoms with Crippen molar-refractivity contribution in [3.8, 4) is 0 Å². The number of likely N-dealkylation sites (N-methyl/N-ethyl adjacent to an activating group) is 1. The third-order valence-electron chi connectivity index (χ3n) is 1.67. The smallest absolute Gasteiger partial charge is 0.204 e. The molecular formula is C11H18N2O. The quantitative estimate of drug-likeness (QED) is 0.654. The minimum Gasteiger partial charge on any atom is -0.385 e. The first-order valence-corrected chi connectivity index (χ1v) is 4.67. The Morgan fingerprint density at radius 2 is 2.21 bits per heavy atom. The first kappa shape index (κ1) is 12.5. The summed E-state index contributed by atoms with van der Waals surface area (Å²) in [6.45, 7) is 5.24. The molecule has 0 aromatic heterocycles. The van der Waals surface area contributed by atoms with Gasteiger partial charge in [-0.2, -0.15) is 0 Å². The van der Waals surface area contributed by atoms with Crippen LogP contribution in [0.4, 0.5) is 0 Å². The van der Waals surface area contributed by atoms with Crippen LogP contribution in [-0.2, 0) is 4.79 Å². The molecule has 0 heterocycles. The summed E-state index contributed by atoms with van der Waals surface area (Å²) in [4.78, 5) is 8.58. The molecule has 1 aliphatic rings. The summed E-state index contributed by atoms with van der Waals surface area (Å²) in [7, 11) is 0. The van der Waals surface area contributed by atoms with Gasteiger partial charge in [0.2, 0.25) is 6.41 Å². The lowest BCUT2D eigenvalue weighted by Gasteiger charge is -2.00. The Hall–Kier alpha value is -1.51. The summed E-state index contributed by atoms with van der Waals surface area (Å²) in [6.07, 6.45) is 9.94. The Bertz CT molecular complexity index is 252. The molecule has 0 aromatic carbocycles. The van der Waals surface area contributed by atoms with Crippen molar-refractivity contribution in [3.63, 3.8) is 0 Å². The summed E-state index contributed by atoms with van der Waals surface area (Å²) in [5.41, 5.74) is 6.79. The minimum atomic E-state index is 0.250. The molecule has 0 saturated heterocycles. The largest absolute Gasteiger partial charge is 0.385 e. The maximum absolute atomic E-state index is 8.58. The highest BCUT2D eigenvalue weighted by Crippen LogP contribution is 2.08. The van der Waals surface area contributed by atoms with Crippen LogP contribution in [0.25, 0.3) is 0 Å². The normalized spacial score (nSPS) is 14.1. The number of carbonyl (C=O) groups excluding carboxylic acids is 1. The Morgan fingerprint density at radius 3 is 2.79 bits per heavy atom. The Labute approximate surface area is 85.4 Å². The highest BCUT2D eigenvalue weighted by molar-refractivity contribution is 5.42. The zero-order valence-electron chi connectivity index (χ0n) is 8.79. The molecule has 14 heavy (non-hydrogen) atoms. The van der Waals surface area contributed by atoms with E-state index in [0.29, 0.717) is 0 Å². The van der Waals surface area contributed by atoms with Crippen LogP contribution in [0.15, 0.2) is 35.6 Å². The van der Waals surface area contributed by atoms with E-state index < -0.39 is 0 Å². The third-order valence-corrected chi connectivity index (χ3v) is 1.67. The van der Waals surface area contributed by atoms with E-state index in [9.17, 15) is 0 Å². The van der Waals surface area contributed by atoms with Gasteiger partial charge in [0, 0.05) is 12.2 Å². The maximum Gasteiger partial charge on any atom is 0.204 e. The summed E-state index contributed by atoms with van der Waals surface area (Å²) in [5.74, 6) is 0. The lowest BCUT2D eigenvalue weighted by molar-refractivity contribution is -0.106. The highest BCUT2D eigenvalue weighted by atomic mass is 16.1. The van der Waals surface area contributed by atoms with Crippen molar-refractivity contribution in [2.24, 2.45) is 5.73 Å². The molecule has 0 aromatic rings. The van der Waals surface area contributed by atoms with E-state index in [1.54, 1.807) is 0 Å². The predicted octanol–water partition coefficient (Wildman–Crippen LogP) is 1.49. The molecule has 3 heteroatoms. The van der Waals surface area contributed by atoms with Crippen molar-refractivity contribution in [1.82, 2.24) is 5.32 Å². The molecule has 0 bridgehead atoms. The summed E-state index contributed by atoms with van der Waals surface area (Å²) >= 11 is 0. The van der Waals surface area contributed by atoms with Crippen LogP contribution < -0.4 is 11.1 Å². The summed E-state index contributed by atoms with van der Waals surface area (Å²) in [6, 6.07) is 0. The lowest BCUT2D eigenvalue weighted by Crippen LogP contribution is -2.09. The van der Waals surface area contributed by atoms with Gasteiger partial charge in [-0.05, 0) is 32.4 Å². The molecule has 0 atom stereocenters. The Morgan fingerprint density at radius 1 is 1.57 bits per heavy atom. The van der Waals surface area contributed by atoms with Crippen LogP contribution in [-0.4, -0.2) is 13.0 Å². The summed E-state index contributed by atoms with van der Waals surface area (Å²) < 4.78 is 0. The molecule has 3 nitrogen and oxygen atoms in total. The van der Waals surface area contributed by atoms with Crippen LogP contribution in [0, 0.1) is 0 Å². The van der Waals surface area contributed by atoms with E-state index in [1.807, 2.05) is 0 Å². The number of amides is 1. The zero-order chi connectivity index (χ0) is 10.8. The van der Waals surface area contributed by atoms with Crippen molar-refractivity contribution in [1.29, 1.82) is 0 Å². The van der Waals surface area contributed by atoms with E-state index in [2.05, 4.69) is 49.2 Å². The van der Waals surface area contributed by atoms with Crippen molar-refractivity contribution in [2.75, 3.05) is 6.54 Å². The lowest BCUT2D eigenvalue weighted by atomic mass is 10.2. The second kappa shape index (κ2) is 8.10. The van der Waals surface area contributed by atoms with Crippen molar-refractivity contribution < 1.29 is 4.79 Å². The van der Waals surface area contributed by atoms with E-state index in [1.165, 1.54) is 11.3 Å². The number of hydrogen-bond acceptors (Lipinski definition) is 2. The number of hydrogen-bond donors (Lipinski definition) is 2. The van der Waals surface area contributed by atoms with Gasteiger partial charge in [-0.25, -0.2) is 0 Å². The number of rotatable bonds is 2. The Kier molecular flexibility index (Phi) is 7.23. The predicted molar refractivity (Wildman–Crippen MR) is 59.5 cm³/mol. The molecule has 1 aliphatic carbocycles. The van der Waals surface area contributed by atoms with Crippen LogP contribution in [0.1, 0.15) is 20.3 Å². The van der Waals surface area contributed by atoms with Crippen LogP contribution >= 0.6 is 0 Å². The van der Waals surface area contributed by atoms with E-state index in [4.69, 9.17) is 4.79 Å². The molecule has 0 radical (unpaired) electrons. The standard InChI is InChI=1S/C10H15N.CH3NO/c1-3-11-10-6-4-5-9(2)7-8-10;2-1-3/h4,6-8,11H,3,5H2,1-2H3;1H,(H2,2,3). The van der Waals surface area contributed by atoms with Gasteiger partial charge in [0.15, 0.2) is 0 Å². The Balaban J connectivity index is 0.000000500. The molecule has 3 N–H and O–H groups in total. The fraction of sp³-hybridized carbons (Fsp3) is 0.364. The van der Waals surface area contributed by atoms with Gasteiger partial charge in [0.05, 0.1) is 0 Å². The average Bonchev–Trinajstić information content (AvgIpc) is 2.33. The molecule has 78 valence electrons. The number of allylic oxidation sites excluding steroid dienone is 5. The van der Waals surface area contributed by atoms with Gasteiger partial charge in [0.25, 0.3) is 0 Å². The molecular weight excluding hydrogens is 176 g/mol. The molecule has 0 aliphatic heterocycles. The zero-order valence-corrected chi connectivity index (χ0v) is 8.79. The van der Waals surface area contributed by atoms with Gasteiger partial charge < -0.3 is 11.1 Å². The van der Waals surface area contributed by atoms with Gasteiger partial charge in [0.1, 0.15) is 0 Å². The van der Waals surface area contributed by atoms with Gasteiger partial charge in [-0.3, -0.25) is 4.79 Å². The fourth-order valence-corrected chi connectivity index (χ4v) is 1.05. The van der Waals surface area contributed by atoms with Crippen molar-refractivity contribution >= 4 is 6.41 Å². The molecule has 0 fully saturated rings. The summed E-state index contributed by atoms with van der Waals surface area (Å²) in [5, 5.41) is 3.27. The molecule has 0 saturated carbocycles. The third kappa shape index (κ3) is 6.06. The fourth-order valence-electron chi connectivity index (χ4n) is 1.05. The van der Waals surface area contributed by atoms with Crippen molar-refractivity contribution in [3.05, 3.63) is 35.6 Å².